The van der Waals surface area contributed by atoms with Crippen LogP contribution in [0.1, 0.15) is 11.9 Å². The van der Waals surface area contributed by atoms with E-state index in [1.54, 1.807) is 13.2 Å². The Bertz CT molecular complexity index is 471. The summed E-state index contributed by atoms with van der Waals surface area (Å²) < 4.78 is 10.00. The van der Waals surface area contributed by atoms with E-state index >= 15 is 0 Å². The molecule has 0 saturated carbocycles. The van der Waals surface area contributed by atoms with Gasteiger partial charge in [0.2, 0.25) is 0 Å². The lowest BCUT2D eigenvalue weighted by Crippen LogP contribution is -2.17. The number of nitrogens with zero attached hydrogens (tertiary/aromatic N) is 2. The van der Waals surface area contributed by atoms with E-state index in [9.17, 15) is 0 Å². The molecular weight excluding hydrogens is 250 g/mol. The van der Waals surface area contributed by atoms with Crippen molar-refractivity contribution in [3.63, 3.8) is 0 Å². The lowest BCUT2D eigenvalue weighted by atomic mass is 10.3. The molecule has 2 aromatic heterocycles. The minimum absolute atomic E-state index is 0.344. The van der Waals surface area contributed by atoms with Gasteiger partial charge in [-0.3, -0.25) is 0 Å². The second kappa shape index (κ2) is 4.92. The van der Waals surface area contributed by atoms with Gasteiger partial charge in [-0.1, -0.05) is 16.8 Å². The van der Waals surface area contributed by atoms with Gasteiger partial charge in [-0.25, -0.2) is 0 Å². The predicted molar refractivity (Wildman–Crippen MR) is 61.4 cm³/mol. The fourth-order valence-electron chi connectivity index (χ4n) is 1.18. The lowest BCUT2D eigenvalue weighted by molar-refractivity contribution is 0.177. The van der Waals surface area contributed by atoms with Crippen molar-refractivity contribution in [2.45, 2.75) is 6.04 Å². The van der Waals surface area contributed by atoms with Crippen LogP contribution in [0.4, 0.5) is 0 Å². The molecule has 0 spiro atoms. The highest BCUT2D eigenvalue weighted by molar-refractivity contribution is 7.14. The van der Waals surface area contributed by atoms with Crippen LogP contribution in [0.3, 0.4) is 0 Å². The number of hydrogen-bond donors (Lipinski definition) is 1. The molecule has 0 radical (unpaired) electrons. The second-order valence-electron chi connectivity index (χ2n) is 3.12. The molecule has 2 heterocycles. The Kier molecular flexibility index (Phi) is 3.55. The maximum Gasteiger partial charge on any atom is 0.269 e. The molecular formula is C9H10ClN3O2S. The number of aromatic nitrogens is 2. The standard InChI is InChI=1S/C9H10ClN3O2S/c1-14-4-6(11)8-12-9(15-13-8)7-5(10)2-3-16-7/h2-3,6H,4,11H2,1H3. The van der Waals surface area contributed by atoms with E-state index in [2.05, 4.69) is 10.1 Å². The fraction of sp³-hybridized carbons (Fsp3) is 0.333. The molecule has 86 valence electrons. The molecule has 2 rings (SSSR count). The number of ether oxygens (including phenoxy) is 1. The maximum absolute atomic E-state index is 5.95. The Morgan fingerprint density at radius 3 is 3.12 bits per heavy atom. The van der Waals surface area contributed by atoms with Gasteiger partial charge in [0.25, 0.3) is 5.89 Å². The molecule has 2 aromatic rings. The number of rotatable bonds is 4. The summed E-state index contributed by atoms with van der Waals surface area (Å²) in [5, 5.41) is 6.24. The number of hydrogen-bond acceptors (Lipinski definition) is 6. The first-order valence-electron chi connectivity index (χ1n) is 4.54. The molecule has 2 N–H and O–H groups in total. The zero-order valence-corrected chi connectivity index (χ0v) is 10.1. The van der Waals surface area contributed by atoms with Gasteiger partial charge in [-0.2, -0.15) is 4.98 Å². The number of methoxy groups -OCH3 is 1. The summed E-state index contributed by atoms with van der Waals surface area (Å²) in [6.07, 6.45) is 0. The smallest absolute Gasteiger partial charge is 0.269 e. The molecule has 0 fully saturated rings. The maximum atomic E-state index is 5.95. The lowest BCUT2D eigenvalue weighted by Gasteiger charge is -2.02. The van der Waals surface area contributed by atoms with Crippen molar-refractivity contribution in [3.05, 3.63) is 22.3 Å². The Labute approximate surface area is 101 Å². The third-order valence-electron chi connectivity index (χ3n) is 1.93. The van der Waals surface area contributed by atoms with Crippen LogP contribution < -0.4 is 5.73 Å². The third-order valence-corrected chi connectivity index (χ3v) is 3.26. The van der Waals surface area contributed by atoms with Gasteiger partial charge in [-0.15, -0.1) is 11.3 Å². The minimum atomic E-state index is -0.388. The molecule has 0 aliphatic rings. The van der Waals surface area contributed by atoms with Crippen LogP contribution in [0.25, 0.3) is 10.8 Å². The Morgan fingerprint density at radius 1 is 1.69 bits per heavy atom. The quantitative estimate of drug-likeness (QED) is 0.910. The zero-order valence-electron chi connectivity index (χ0n) is 8.51. The second-order valence-corrected chi connectivity index (χ2v) is 4.44. The van der Waals surface area contributed by atoms with Gasteiger partial charge < -0.3 is 15.0 Å². The minimum Gasteiger partial charge on any atom is -0.383 e. The van der Waals surface area contributed by atoms with E-state index in [1.165, 1.54) is 11.3 Å². The van der Waals surface area contributed by atoms with E-state index in [1.807, 2.05) is 5.38 Å². The van der Waals surface area contributed by atoms with Crippen molar-refractivity contribution in [1.82, 2.24) is 10.1 Å². The molecule has 1 atom stereocenters. The summed E-state index contributed by atoms with van der Waals surface area (Å²) in [5.41, 5.74) is 5.77. The van der Waals surface area contributed by atoms with Crippen LogP contribution in [0.15, 0.2) is 16.0 Å². The molecule has 0 bridgehead atoms. The average Bonchev–Trinajstić information content (AvgIpc) is 2.86. The first-order valence-corrected chi connectivity index (χ1v) is 5.79. The SMILES string of the molecule is COCC(N)c1noc(-c2sccc2Cl)n1. The van der Waals surface area contributed by atoms with Gasteiger partial charge in [0, 0.05) is 7.11 Å². The molecule has 0 saturated heterocycles. The third kappa shape index (κ3) is 2.25. The van der Waals surface area contributed by atoms with Gasteiger partial charge in [-0.05, 0) is 11.4 Å². The fourth-order valence-corrected chi connectivity index (χ4v) is 2.23. The molecule has 0 aromatic carbocycles. The van der Waals surface area contributed by atoms with Gasteiger partial charge in [0.1, 0.15) is 4.88 Å². The summed E-state index contributed by atoms with van der Waals surface area (Å²) >= 11 is 7.39. The zero-order chi connectivity index (χ0) is 11.5. The Balaban J connectivity index is 2.23. The highest BCUT2D eigenvalue weighted by Gasteiger charge is 2.17. The molecule has 5 nitrogen and oxygen atoms in total. The van der Waals surface area contributed by atoms with Crippen LogP contribution in [0, 0.1) is 0 Å². The normalized spacial score (nSPS) is 12.9. The monoisotopic (exact) mass is 259 g/mol. The Hall–Kier alpha value is -0.950. The number of halogens is 1. The van der Waals surface area contributed by atoms with E-state index in [0.29, 0.717) is 23.3 Å². The highest BCUT2D eigenvalue weighted by Crippen LogP contribution is 2.32. The molecule has 0 amide bonds. The molecule has 7 heteroatoms. The largest absolute Gasteiger partial charge is 0.383 e. The first-order chi connectivity index (χ1) is 7.72. The van der Waals surface area contributed by atoms with Crippen LogP contribution >= 0.6 is 22.9 Å². The molecule has 0 aliphatic heterocycles. The van der Waals surface area contributed by atoms with Crippen molar-refractivity contribution >= 4 is 22.9 Å². The van der Waals surface area contributed by atoms with Crippen molar-refractivity contribution in [1.29, 1.82) is 0 Å². The van der Waals surface area contributed by atoms with E-state index in [0.717, 1.165) is 4.88 Å². The number of thiophene rings is 1. The van der Waals surface area contributed by atoms with Crippen molar-refractivity contribution < 1.29 is 9.26 Å². The van der Waals surface area contributed by atoms with Crippen molar-refractivity contribution in [3.8, 4) is 10.8 Å². The summed E-state index contributed by atoms with van der Waals surface area (Å²) in [6, 6.07) is 1.39. The van der Waals surface area contributed by atoms with E-state index in [-0.39, 0.29) is 6.04 Å². The highest BCUT2D eigenvalue weighted by atomic mass is 35.5. The van der Waals surface area contributed by atoms with E-state index in [4.69, 9.17) is 26.6 Å². The van der Waals surface area contributed by atoms with Crippen molar-refractivity contribution in [2.75, 3.05) is 13.7 Å². The van der Waals surface area contributed by atoms with Gasteiger partial charge >= 0.3 is 0 Å². The first kappa shape index (κ1) is 11.5. The topological polar surface area (TPSA) is 74.2 Å². The van der Waals surface area contributed by atoms with Gasteiger partial charge in [0.05, 0.1) is 17.7 Å². The average molecular weight is 260 g/mol. The van der Waals surface area contributed by atoms with Crippen LogP contribution in [0.5, 0.6) is 0 Å². The predicted octanol–water partition coefficient (Wildman–Crippen LogP) is 2.10. The summed E-state index contributed by atoms with van der Waals surface area (Å²) in [4.78, 5) is 4.93. The summed E-state index contributed by atoms with van der Waals surface area (Å²) in [7, 11) is 1.57. The van der Waals surface area contributed by atoms with Crippen LogP contribution in [-0.4, -0.2) is 23.9 Å². The van der Waals surface area contributed by atoms with Gasteiger partial charge in [0.15, 0.2) is 5.82 Å². The summed E-state index contributed by atoms with van der Waals surface area (Å²) in [5.74, 6) is 0.808. The molecule has 0 aliphatic carbocycles. The summed E-state index contributed by atoms with van der Waals surface area (Å²) in [6.45, 7) is 0.344. The number of nitrogens with two attached hydrogens (primary N) is 1. The molecule has 1 unspecified atom stereocenters. The van der Waals surface area contributed by atoms with Crippen LogP contribution in [0.2, 0.25) is 5.02 Å². The van der Waals surface area contributed by atoms with Crippen molar-refractivity contribution in [2.24, 2.45) is 5.73 Å². The molecule has 16 heavy (non-hydrogen) atoms. The van der Waals surface area contributed by atoms with Crippen LogP contribution in [-0.2, 0) is 4.74 Å². The Morgan fingerprint density at radius 2 is 2.50 bits per heavy atom. The van der Waals surface area contributed by atoms with E-state index < -0.39 is 0 Å².